The van der Waals surface area contributed by atoms with Crippen molar-refractivity contribution >= 4 is 23.3 Å². The van der Waals surface area contributed by atoms with E-state index in [4.69, 9.17) is 17.0 Å². The molecule has 0 amide bonds. The number of aromatic nitrogens is 2. The van der Waals surface area contributed by atoms with Crippen molar-refractivity contribution in [3.8, 4) is 0 Å². The molecule has 2 aliphatic heterocycles. The minimum Gasteiger partial charge on any atom is -0.373 e. The molecular weight excluding hydrogens is 244 g/mol. The standard InChI is InChI=1S/C14H16N2OS/c1-8-2-4-10-11(6-8)16(14(18)15-10)12-7-9-3-5-13(12)17-9/h2,4,6,9,12-13H,3,5,7H2,1H3,(H,15,18). The number of rotatable bonds is 1. The first-order valence-corrected chi connectivity index (χ1v) is 6.99. The molecule has 2 aliphatic rings. The van der Waals surface area contributed by atoms with Gasteiger partial charge in [0.1, 0.15) is 0 Å². The Morgan fingerprint density at radius 3 is 3.00 bits per heavy atom. The Bertz CT molecular complexity index is 672. The molecule has 1 aromatic carbocycles. The average Bonchev–Trinajstić information content (AvgIpc) is 3.01. The highest BCUT2D eigenvalue weighted by atomic mass is 32.1. The minimum absolute atomic E-state index is 0.362. The zero-order chi connectivity index (χ0) is 12.3. The number of benzene rings is 1. The molecule has 0 saturated carbocycles. The molecule has 3 heterocycles. The molecule has 1 aromatic heterocycles. The van der Waals surface area contributed by atoms with Crippen LogP contribution in [0.25, 0.3) is 11.0 Å². The van der Waals surface area contributed by atoms with Gasteiger partial charge in [0.2, 0.25) is 0 Å². The summed E-state index contributed by atoms with van der Waals surface area (Å²) >= 11 is 5.50. The number of hydrogen-bond acceptors (Lipinski definition) is 2. The number of ether oxygens (including phenoxy) is 1. The molecule has 4 heteroatoms. The second kappa shape index (κ2) is 3.68. The van der Waals surface area contributed by atoms with E-state index in [0.717, 1.165) is 16.7 Å². The van der Waals surface area contributed by atoms with Crippen LogP contribution < -0.4 is 0 Å². The number of fused-ring (bicyclic) bond motifs is 3. The zero-order valence-corrected chi connectivity index (χ0v) is 11.2. The van der Waals surface area contributed by atoms with E-state index in [1.807, 2.05) is 0 Å². The van der Waals surface area contributed by atoms with E-state index in [1.54, 1.807) is 0 Å². The topological polar surface area (TPSA) is 29.9 Å². The van der Waals surface area contributed by atoms with Crippen molar-refractivity contribution in [3.63, 3.8) is 0 Å². The Kier molecular flexibility index (Phi) is 2.20. The Balaban J connectivity index is 1.91. The molecule has 94 valence electrons. The lowest BCUT2D eigenvalue weighted by Gasteiger charge is -2.21. The van der Waals surface area contributed by atoms with Gasteiger partial charge in [0.25, 0.3) is 0 Å². The third-order valence-corrected chi connectivity index (χ3v) is 4.58. The maximum atomic E-state index is 5.96. The van der Waals surface area contributed by atoms with E-state index in [1.165, 1.54) is 23.9 Å². The smallest absolute Gasteiger partial charge is 0.178 e. The van der Waals surface area contributed by atoms with Crippen LogP contribution in [0, 0.1) is 11.7 Å². The molecule has 18 heavy (non-hydrogen) atoms. The fraction of sp³-hybridized carbons (Fsp3) is 0.500. The summed E-state index contributed by atoms with van der Waals surface area (Å²) in [5, 5.41) is 0. The fourth-order valence-electron chi connectivity index (χ4n) is 3.44. The summed E-state index contributed by atoms with van der Waals surface area (Å²) in [7, 11) is 0. The zero-order valence-electron chi connectivity index (χ0n) is 10.3. The summed E-state index contributed by atoms with van der Waals surface area (Å²) < 4.78 is 9.07. The lowest BCUT2D eigenvalue weighted by atomic mass is 9.95. The van der Waals surface area contributed by atoms with Gasteiger partial charge < -0.3 is 14.3 Å². The second-order valence-corrected chi connectivity index (χ2v) is 5.88. The van der Waals surface area contributed by atoms with Gasteiger partial charge in [-0.25, -0.2) is 0 Å². The van der Waals surface area contributed by atoms with Gasteiger partial charge in [-0.1, -0.05) is 6.07 Å². The number of nitrogens with one attached hydrogen (secondary N) is 1. The van der Waals surface area contributed by atoms with Gasteiger partial charge in [0.05, 0.1) is 29.3 Å². The van der Waals surface area contributed by atoms with Crippen molar-refractivity contribution < 1.29 is 4.74 Å². The van der Waals surface area contributed by atoms with Crippen LogP contribution in [0.5, 0.6) is 0 Å². The summed E-state index contributed by atoms with van der Waals surface area (Å²) in [6.45, 7) is 2.12. The minimum atomic E-state index is 0.362. The molecule has 4 rings (SSSR count). The highest BCUT2D eigenvalue weighted by molar-refractivity contribution is 7.71. The van der Waals surface area contributed by atoms with E-state index in [2.05, 4.69) is 34.7 Å². The highest BCUT2D eigenvalue weighted by Crippen LogP contribution is 2.42. The van der Waals surface area contributed by atoms with E-state index < -0.39 is 0 Å². The largest absolute Gasteiger partial charge is 0.373 e. The normalized spacial score (nSPS) is 30.4. The molecule has 3 nitrogen and oxygen atoms in total. The SMILES string of the molecule is Cc1ccc2[nH]c(=S)n(C3CC4CCC3O4)c2c1. The van der Waals surface area contributed by atoms with Crippen molar-refractivity contribution in [2.45, 2.75) is 44.4 Å². The van der Waals surface area contributed by atoms with Gasteiger partial charge in [0.15, 0.2) is 4.77 Å². The highest BCUT2D eigenvalue weighted by Gasteiger charge is 2.42. The fourth-order valence-corrected chi connectivity index (χ4v) is 3.79. The second-order valence-electron chi connectivity index (χ2n) is 5.50. The van der Waals surface area contributed by atoms with Crippen LogP contribution in [0.1, 0.15) is 30.9 Å². The van der Waals surface area contributed by atoms with Crippen LogP contribution >= 0.6 is 12.2 Å². The molecule has 2 saturated heterocycles. The van der Waals surface area contributed by atoms with Crippen LogP contribution in [-0.2, 0) is 4.74 Å². The van der Waals surface area contributed by atoms with Gasteiger partial charge >= 0.3 is 0 Å². The summed E-state index contributed by atoms with van der Waals surface area (Å²) in [6.07, 6.45) is 4.32. The first-order valence-electron chi connectivity index (χ1n) is 6.59. The van der Waals surface area contributed by atoms with Crippen LogP contribution in [-0.4, -0.2) is 21.8 Å². The Hall–Kier alpha value is -1.13. The van der Waals surface area contributed by atoms with Crippen molar-refractivity contribution in [2.75, 3.05) is 0 Å². The van der Waals surface area contributed by atoms with Gasteiger partial charge in [-0.2, -0.15) is 0 Å². The van der Waals surface area contributed by atoms with Crippen LogP contribution in [0.3, 0.4) is 0 Å². The van der Waals surface area contributed by atoms with Gasteiger partial charge in [-0.05, 0) is 56.1 Å². The van der Waals surface area contributed by atoms with Crippen molar-refractivity contribution in [2.24, 2.45) is 0 Å². The Morgan fingerprint density at radius 2 is 2.28 bits per heavy atom. The average molecular weight is 260 g/mol. The number of imidazole rings is 1. The Morgan fingerprint density at radius 1 is 1.39 bits per heavy atom. The summed E-state index contributed by atoms with van der Waals surface area (Å²) in [5.41, 5.74) is 3.63. The molecular formula is C14H16N2OS. The summed E-state index contributed by atoms with van der Waals surface area (Å²) in [4.78, 5) is 3.31. The molecule has 2 bridgehead atoms. The van der Waals surface area contributed by atoms with E-state index in [9.17, 15) is 0 Å². The van der Waals surface area contributed by atoms with Crippen molar-refractivity contribution in [1.82, 2.24) is 9.55 Å². The summed E-state index contributed by atoms with van der Waals surface area (Å²) in [5.74, 6) is 0. The van der Waals surface area contributed by atoms with E-state index >= 15 is 0 Å². The molecule has 2 aromatic rings. The third kappa shape index (κ3) is 1.42. The van der Waals surface area contributed by atoms with Gasteiger partial charge in [0, 0.05) is 0 Å². The summed E-state index contributed by atoms with van der Waals surface area (Å²) in [6, 6.07) is 6.88. The lowest BCUT2D eigenvalue weighted by molar-refractivity contribution is 0.0941. The first kappa shape index (κ1) is 10.8. The maximum Gasteiger partial charge on any atom is 0.178 e. The van der Waals surface area contributed by atoms with Crippen LogP contribution in [0.2, 0.25) is 0 Å². The molecule has 0 radical (unpaired) electrons. The number of nitrogens with zero attached hydrogens (tertiary/aromatic N) is 1. The number of H-pyrrole nitrogens is 1. The third-order valence-electron chi connectivity index (χ3n) is 4.28. The predicted octanol–water partition coefficient (Wildman–Crippen LogP) is 3.50. The van der Waals surface area contributed by atoms with Crippen LogP contribution in [0.15, 0.2) is 18.2 Å². The number of hydrogen-bond donors (Lipinski definition) is 1. The van der Waals surface area contributed by atoms with E-state index in [0.29, 0.717) is 18.2 Å². The Labute approximate surface area is 111 Å². The monoisotopic (exact) mass is 260 g/mol. The molecule has 0 aliphatic carbocycles. The van der Waals surface area contributed by atoms with Crippen molar-refractivity contribution in [3.05, 3.63) is 28.5 Å². The van der Waals surface area contributed by atoms with Crippen molar-refractivity contribution in [1.29, 1.82) is 0 Å². The molecule has 3 unspecified atom stereocenters. The quantitative estimate of drug-likeness (QED) is 0.795. The maximum absolute atomic E-state index is 5.96. The molecule has 3 atom stereocenters. The first-order chi connectivity index (χ1) is 8.72. The van der Waals surface area contributed by atoms with Crippen LogP contribution in [0.4, 0.5) is 0 Å². The molecule has 0 spiro atoms. The molecule has 1 N–H and O–H groups in total. The molecule has 2 fully saturated rings. The number of aryl methyl sites for hydroxylation is 1. The predicted molar refractivity (Wildman–Crippen MR) is 73.4 cm³/mol. The van der Waals surface area contributed by atoms with E-state index in [-0.39, 0.29) is 0 Å². The van der Waals surface area contributed by atoms with Gasteiger partial charge in [-0.3, -0.25) is 0 Å². The number of aromatic amines is 1. The van der Waals surface area contributed by atoms with Gasteiger partial charge in [-0.15, -0.1) is 0 Å². The lowest BCUT2D eigenvalue weighted by Crippen LogP contribution is -2.20.